The second kappa shape index (κ2) is 7.21. The number of hydrogen-bond acceptors (Lipinski definition) is 1. The predicted octanol–water partition coefficient (Wildman–Crippen LogP) is 2.13. The molecule has 0 heterocycles. The number of halogens is 3. The zero-order valence-electron chi connectivity index (χ0n) is 6.58. The van der Waals surface area contributed by atoms with E-state index in [-0.39, 0.29) is 0 Å². The molecule has 0 atom stereocenters. The first-order valence-corrected chi connectivity index (χ1v) is 3.34. The van der Waals surface area contributed by atoms with Gasteiger partial charge in [0.25, 0.3) is 0 Å². The highest BCUT2D eigenvalue weighted by Gasteiger charge is 2.06. The van der Waals surface area contributed by atoms with Crippen LogP contribution in [0.3, 0.4) is 0 Å². The maximum Gasteiger partial charge on any atom is 0.762 e. The molecule has 1 aromatic rings. The maximum absolute atomic E-state index is 9.86. The van der Waals surface area contributed by atoms with Crippen LogP contribution in [0.25, 0.3) is 0 Å². The molecular formula is C7H7BF3NO. The number of nitrogens with one attached hydrogen (secondary N) is 1. The van der Waals surface area contributed by atoms with Crippen molar-refractivity contribution in [3.05, 3.63) is 30.3 Å². The fourth-order valence-corrected chi connectivity index (χ4v) is 0.602. The SMILES string of the molecule is FB(F)F.O=CNc1ccccc1. The molecule has 1 aromatic carbocycles. The molecule has 0 aliphatic carbocycles. The molecule has 0 aromatic heterocycles. The molecule has 6 heteroatoms. The average molecular weight is 189 g/mol. The van der Waals surface area contributed by atoms with Gasteiger partial charge in [0.2, 0.25) is 6.41 Å². The van der Waals surface area contributed by atoms with Gasteiger partial charge in [-0.1, -0.05) is 18.2 Å². The first-order chi connectivity index (χ1) is 6.16. The minimum absolute atomic E-state index is 0.662. The lowest BCUT2D eigenvalue weighted by atomic mass is 10.3. The summed E-state index contributed by atoms with van der Waals surface area (Å²) in [4.78, 5) is 9.86. The monoisotopic (exact) mass is 189 g/mol. The molecule has 0 saturated carbocycles. The molecule has 1 rings (SSSR count). The van der Waals surface area contributed by atoms with Crippen LogP contribution in [-0.2, 0) is 4.79 Å². The van der Waals surface area contributed by atoms with Gasteiger partial charge in [-0.15, -0.1) is 0 Å². The third kappa shape index (κ3) is 8.45. The van der Waals surface area contributed by atoms with Gasteiger partial charge in [-0.25, -0.2) is 0 Å². The summed E-state index contributed by atoms with van der Waals surface area (Å²) in [7, 11) is -3.67. The Balaban J connectivity index is 0.000000310. The fraction of sp³-hybridized carbons (Fsp3) is 0. The van der Waals surface area contributed by atoms with Crippen LogP contribution in [0.15, 0.2) is 30.3 Å². The molecule has 0 aliphatic rings. The highest BCUT2D eigenvalue weighted by molar-refractivity contribution is 6.33. The van der Waals surface area contributed by atoms with Crippen molar-refractivity contribution in [1.29, 1.82) is 0 Å². The lowest BCUT2D eigenvalue weighted by Crippen LogP contribution is -1.91. The Bertz CT molecular complexity index is 230. The van der Waals surface area contributed by atoms with Gasteiger partial charge in [0.1, 0.15) is 0 Å². The molecule has 0 bridgehead atoms. The number of benzene rings is 1. The molecule has 0 unspecified atom stereocenters. The number of hydrogen-bond donors (Lipinski definition) is 1. The Hall–Kier alpha value is -1.46. The van der Waals surface area contributed by atoms with Crippen LogP contribution in [0.1, 0.15) is 0 Å². The Morgan fingerprint density at radius 2 is 1.62 bits per heavy atom. The van der Waals surface area contributed by atoms with Crippen molar-refractivity contribution in [2.45, 2.75) is 0 Å². The van der Waals surface area contributed by atoms with E-state index in [9.17, 15) is 17.7 Å². The van der Waals surface area contributed by atoms with Gasteiger partial charge in [-0.05, 0) is 12.1 Å². The van der Waals surface area contributed by atoms with Crippen molar-refractivity contribution >= 4 is 19.6 Å². The summed E-state index contributed by atoms with van der Waals surface area (Å²) in [5.41, 5.74) is 0.826. The van der Waals surface area contributed by atoms with E-state index in [1.165, 1.54) is 0 Å². The molecule has 13 heavy (non-hydrogen) atoms. The first-order valence-electron chi connectivity index (χ1n) is 3.34. The van der Waals surface area contributed by atoms with Gasteiger partial charge >= 0.3 is 7.54 Å². The van der Waals surface area contributed by atoms with E-state index in [2.05, 4.69) is 5.32 Å². The molecular weight excluding hydrogens is 182 g/mol. The summed E-state index contributed by atoms with van der Waals surface area (Å²) >= 11 is 0. The summed E-state index contributed by atoms with van der Waals surface area (Å²) in [6.45, 7) is 0. The highest BCUT2D eigenvalue weighted by atomic mass is 19.4. The Morgan fingerprint density at radius 3 is 2.00 bits per heavy atom. The molecule has 0 saturated heterocycles. The summed E-state index contributed by atoms with van der Waals surface area (Å²) in [6, 6.07) is 9.29. The van der Waals surface area contributed by atoms with E-state index in [0.717, 1.165) is 5.69 Å². The van der Waals surface area contributed by atoms with E-state index in [0.29, 0.717) is 6.41 Å². The molecule has 0 spiro atoms. The molecule has 0 fully saturated rings. The van der Waals surface area contributed by atoms with Crippen molar-refractivity contribution in [2.24, 2.45) is 0 Å². The maximum atomic E-state index is 9.86. The van der Waals surface area contributed by atoms with Crippen molar-refractivity contribution in [3.63, 3.8) is 0 Å². The zero-order chi connectivity index (χ0) is 10.1. The van der Waals surface area contributed by atoms with Crippen LogP contribution < -0.4 is 5.32 Å². The van der Waals surface area contributed by atoms with Crippen LogP contribution >= 0.6 is 0 Å². The molecule has 2 nitrogen and oxygen atoms in total. The molecule has 1 amide bonds. The van der Waals surface area contributed by atoms with Gasteiger partial charge in [0.05, 0.1) is 0 Å². The standard InChI is InChI=1S/C7H7NO.BF3/c9-6-8-7-4-2-1-3-5-7;2-1(3)4/h1-6H,(H,8,9);. The van der Waals surface area contributed by atoms with Crippen LogP contribution in [0.2, 0.25) is 0 Å². The van der Waals surface area contributed by atoms with Gasteiger partial charge in [-0.3, -0.25) is 17.7 Å². The lowest BCUT2D eigenvalue weighted by molar-refractivity contribution is -0.105. The zero-order valence-corrected chi connectivity index (χ0v) is 6.58. The summed E-state index contributed by atoms with van der Waals surface area (Å²) in [5, 5.41) is 2.53. The second-order valence-corrected chi connectivity index (χ2v) is 1.88. The van der Waals surface area contributed by atoms with Gasteiger partial charge in [0.15, 0.2) is 0 Å². The summed E-state index contributed by atoms with van der Waals surface area (Å²) < 4.78 is 29.0. The minimum atomic E-state index is -3.67. The third-order valence-electron chi connectivity index (χ3n) is 0.999. The normalized spacial score (nSPS) is 7.92. The van der Waals surface area contributed by atoms with E-state index in [1.54, 1.807) is 0 Å². The number of para-hydroxylation sites is 1. The second-order valence-electron chi connectivity index (χ2n) is 1.88. The van der Waals surface area contributed by atoms with Gasteiger partial charge < -0.3 is 5.32 Å². The molecule has 0 aliphatic heterocycles. The van der Waals surface area contributed by atoms with Gasteiger partial charge in [-0.2, -0.15) is 0 Å². The van der Waals surface area contributed by atoms with Crippen LogP contribution in [0.5, 0.6) is 0 Å². The van der Waals surface area contributed by atoms with Crippen LogP contribution in [-0.4, -0.2) is 14.0 Å². The predicted molar refractivity (Wildman–Crippen MR) is 45.2 cm³/mol. The van der Waals surface area contributed by atoms with Gasteiger partial charge in [0, 0.05) is 5.69 Å². The van der Waals surface area contributed by atoms with E-state index in [1.807, 2.05) is 30.3 Å². The number of carbonyl (C=O) groups is 1. The van der Waals surface area contributed by atoms with Crippen LogP contribution in [0.4, 0.5) is 18.6 Å². The molecule has 0 radical (unpaired) electrons. The average Bonchev–Trinajstić information content (AvgIpc) is 2.06. The fourth-order valence-electron chi connectivity index (χ4n) is 0.602. The lowest BCUT2D eigenvalue weighted by Gasteiger charge is -1.93. The minimum Gasteiger partial charge on any atom is -0.329 e. The summed E-state index contributed by atoms with van der Waals surface area (Å²) in [6.07, 6.45) is 0.662. The van der Waals surface area contributed by atoms with Crippen molar-refractivity contribution < 1.29 is 17.7 Å². The molecule has 70 valence electrons. The van der Waals surface area contributed by atoms with Crippen LogP contribution in [0, 0.1) is 0 Å². The highest BCUT2D eigenvalue weighted by Crippen LogP contribution is 2.01. The van der Waals surface area contributed by atoms with E-state index in [4.69, 9.17) is 0 Å². The Kier molecular flexibility index (Phi) is 6.40. The quantitative estimate of drug-likeness (QED) is 0.560. The third-order valence-corrected chi connectivity index (χ3v) is 0.999. The van der Waals surface area contributed by atoms with Crippen molar-refractivity contribution in [1.82, 2.24) is 0 Å². The van der Waals surface area contributed by atoms with Crippen molar-refractivity contribution in [3.8, 4) is 0 Å². The molecule has 1 N–H and O–H groups in total. The Morgan fingerprint density at radius 1 is 1.15 bits per heavy atom. The first kappa shape index (κ1) is 11.5. The number of carbonyl (C=O) groups excluding carboxylic acids is 1. The smallest absolute Gasteiger partial charge is 0.329 e. The van der Waals surface area contributed by atoms with E-state index < -0.39 is 7.54 Å². The number of anilines is 1. The largest absolute Gasteiger partial charge is 0.762 e. The van der Waals surface area contributed by atoms with Crippen molar-refractivity contribution in [2.75, 3.05) is 5.32 Å². The van der Waals surface area contributed by atoms with E-state index >= 15 is 0 Å². The topological polar surface area (TPSA) is 29.1 Å². The Labute approximate surface area is 74.0 Å². The number of amides is 1. The number of rotatable bonds is 2. The summed E-state index contributed by atoms with van der Waals surface area (Å²) in [5.74, 6) is 0.